The van der Waals surface area contributed by atoms with E-state index in [1.807, 2.05) is 41.5 Å². The number of carbonyl (C=O) groups is 4. The molecule has 0 saturated heterocycles. The van der Waals surface area contributed by atoms with E-state index in [1.165, 1.54) is 75.7 Å². The number of nitrogens with zero attached hydrogens (tertiary/aromatic N) is 4. The highest BCUT2D eigenvalue weighted by Crippen LogP contribution is 2.47. The van der Waals surface area contributed by atoms with E-state index in [9.17, 15) is 28.0 Å². The SMILES string of the molecule is C=CC(=O)Nc1sc2c(c1-c1nc3ccc(F)cc3s1)CCN(C(=O)OC(C)(C)C)C2.COCCN.COCCNCCC(=O)Nc1sc2c(c1-c1nc3ccc(F)cc3s1)CCN(C(=O)OC(C)(C)C)C2. The predicted octanol–water partition coefficient (Wildman–Crippen LogP) is 10.2. The summed E-state index contributed by atoms with van der Waals surface area (Å²) in [5, 5.41) is 11.9. The molecule has 0 saturated carbocycles. The Morgan fingerprint density at radius 2 is 1.19 bits per heavy atom. The summed E-state index contributed by atoms with van der Waals surface area (Å²) in [5.41, 5.74) is 9.08. The van der Waals surface area contributed by atoms with Crippen LogP contribution in [0.5, 0.6) is 0 Å². The van der Waals surface area contributed by atoms with Crippen LogP contribution in [0, 0.1) is 11.6 Å². The van der Waals surface area contributed by atoms with Crippen molar-refractivity contribution in [3.8, 4) is 21.1 Å². The number of thiophene rings is 2. The molecule has 16 nitrogen and oxygen atoms in total. The van der Waals surface area contributed by atoms with Gasteiger partial charge in [0.15, 0.2) is 0 Å². The summed E-state index contributed by atoms with van der Waals surface area (Å²) in [6, 6.07) is 9.03. The van der Waals surface area contributed by atoms with E-state index in [0.717, 1.165) is 46.4 Å². The van der Waals surface area contributed by atoms with Gasteiger partial charge in [0.05, 0.1) is 46.7 Å². The van der Waals surface area contributed by atoms with Gasteiger partial charge in [-0.3, -0.25) is 9.59 Å². The van der Waals surface area contributed by atoms with E-state index >= 15 is 0 Å². The van der Waals surface area contributed by atoms with Crippen molar-refractivity contribution in [3.05, 3.63) is 81.6 Å². The molecule has 2 aliphatic heterocycles. The van der Waals surface area contributed by atoms with Gasteiger partial charge in [-0.2, -0.15) is 0 Å². The maximum Gasteiger partial charge on any atom is 0.410 e. The topological polar surface area (TPSA) is 200 Å². The molecular formula is C50H62F2N8O8S4. The number of fused-ring (bicyclic) bond motifs is 4. The molecular weight excluding hydrogens is 1010 g/mol. The third-order valence-electron chi connectivity index (χ3n) is 10.6. The highest BCUT2D eigenvalue weighted by atomic mass is 32.1. The lowest BCUT2D eigenvalue weighted by molar-refractivity contribution is -0.116. The number of hydrogen-bond acceptors (Lipinski definition) is 16. The van der Waals surface area contributed by atoms with E-state index in [2.05, 4.69) is 32.3 Å². The number of thiazole rings is 2. The van der Waals surface area contributed by atoms with Gasteiger partial charge in [0, 0.05) is 74.2 Å². The predicted molar refractivity (Wildman–Crippen MR) is 284 cm³/mol. The first-order valence-corrected chi connectivity index (χ1v) is 26.5. The lowest BCUT2D eigenvalue weighted by Gasteiger charge is -2.30. The number of benzene rings is 2. The van der Waals surface area contributed by atoms with Gasteiger partial charge in [-0.25, -0.2) is 28.3 Å². The Hall–Kier alpha value is -5.46. The summed E-state index contributed by atoms with van der Waals surface area (Å²) in [4.78, 5) is 64.8. The summed E-state index contributed by atoms with van der Waals surface area (Å²) >= 11 is 5.65. The number of anilines is 2. The third kappa shape index (κ3) is 15.1. The summed E-state index contributed by atoms with van der Waals surface area (Å²) in [6.07, 6.45) is 2.02. The zero-order valence-electron chi connectivity index (χ0n) is 41.8. The Kier molecular flexibility index (Phi) is 19.4. The van der Waals surface area contributed by atoms with Crippen molar-refractivity contribution < 1.29 is 46.9 Å². The number of amides is 4. The number of nitrogens with two attached hydrogens (primary N) is 1. The second-order valence-electron chi connectivity index (χ2n) is 18.5. The molecule has 0 aliphatic carbocycles. The van der Waals surface area contributed by atoms with E-state index < -0.39 is 11.2 Å². The Bertz CT molecular complexity index is 2880. The first-order chi connectivity index (χ1) is 34.2. The monoisotopic (exact) mass is 1070 g/mol. The van der Waals surface area contributed by atoms with Crippen LogP contribution in [0.1, 0.15) is 68.8 Å². The van der Waals surface area contributed by atoms with Crippen molar-refractivity contribution in [3.63, 3.8) is 0 Å². The molecule has 0 spiro atoms. The van der Waals surface area contributed by atoms with Gasteiger partial charge in [-0.1, -0.05) is 6.58 Å². The first-order valence-electron chi connectivity index (χ1n) is 23.2. The van der Waals surface area contributed by atoms with Crippen molar-refractivity contribution in [2.24, 2.45) is 5.73 Å². The molecule has 0 bridgehead atoms. The lowest BCUT2D eigenvalue weighted by atomic mass is 10.0. The maximum absolute atomic E-state index is 13.8. The van der Waals surface area contributed by atoms with Crippen molar-refractivity contribution in [1.29, 1.82) is 0 Å². The molecule has 2 aromatic carbocycles. The van der Waals surface area contributed by atoms with Gasteiger partial charge in [0.2, 0.25) is 11.8 Å². The standard InChI is InChI=1S/C25H31FN4O4S2.C22H22FN3O3S2.C3H9NO/c1-25(2,3)34-24(32)30-11-8-16-19(14-30)36-23(29-20(31)7-9-27-10-12-33-4)21(16)22-28-17-6-5-15(26)13-18(17)35-22;1-5-17(27)25-20-18(19-24-14-7-6-12(23)10-15(14)30-19)13-8-9-26(11-16(13)31-20)21(28)29-22(2,3)4;1-5-3-2-4/h5-6,13,27H,7-12,14H2,1-4H3,(H,29,31);5-7,10H,1,8-9,11H2,2-4H3,(H,25,27);2-4H2,1H3. The fourth-order valence-electron chi connectivity index (χ4n) is 7.38. The van der Waals surface area contributed by atoms with Crippen LogP contribution < -0.4 is 21.7 Å². The van der Waals surface area contributed by atoms with Crippen molar-refractivity contribution in [2.45, 2.75) is 85.1 Å². The summed E-state index contributed by atoms with van der Waals surface area (Å²) < 4.78 is 49.6. The first kappa shape index (κ1) is 55.8. The van der Waals surface area contributed by atoms with E-state index in [1.54, 1.807) is 36.2 Å². The number of ether oxygens (including phenoxy) is 4. The van der Waals surface area contributed by atoms with Crippen LogP contribution >= 0.6 is 45.3 Å². The van der Waals surface area contributed by atoms with Gasteiger partial charge in [-0.15, -0.1) is 45.3 Å². The Balaban J connectivity index is 0.000000217. The maximum atomic E-state index is 13.8. The Morgan fingerprint density at radius 1 is 0.722 bits per heavy atom. The average Bonchev–Trinajstić information content (AvgIpc) is 4.09. The Morgan fingerprint density at radius 3 is 1.61 bits per heavy atom. The molecule has 0 fully saturated rings. The summed E-state index contributed by atoms with van der Waals surface area (Å²) in [6.45, 7) is 19.4. The number of halogens is 2. The van der Waals surface area contributed by atoms with E-state index in [-0.39, 0.29) is 35.6 Å². The van der Waals surface area contributed by atoms with Gasteiger partial charge >= 0.3 is 12.2 Å². The third-order valence-corrected chi connectivity index (χ3v) is 14.9. The van der Waals surface area contributed by atoms with Gasteiger partial charge < -0.3 is 50.4 Å². The molecule has 4 amide bonds. The van der Waals surface area contributed by atoms with Crippen LogP contribution in [0.3, 0.4) is 0 Å². The van der Waals surface area contributed by atoms with Crippen LogP contribution in [0.2, 0.25) is 0 Å². The number of nitrogens with one attached hydrogen (secondary N) is 3. The quantitative estimate of drug-likeness (QED) is 0.0631. The van der Waals surface area contributed by atoms with Crippen LogP contribution in [-0.4, -0.2) is 115 Å². The smallest absolute Gasteiger partial charge is 0.410 e. The van der Waals surface area contributed by atoms with E-state index in [4.69, 9.17) is 24.9 Å². The molecule has 72 heavy (non-hydrogen) atoms. The molecule has 8 rings (SSSR count). The minimum absolute atomic E-state index is 0.115. The van der Waals surface area contributed by atoms with Crippen LogP contribution in [0.15, 0.2) is 49.1 Å². The minimum atomic E-state index is -0.579. The summed E-state index contributed by atoms with van der Waals surface area (Å²) in [7, 11) is 3.27. The molecule has 4 aromatic heterocycles. The molecule has 6 aromatic rings. The van der Waals surface area contributed by atoms with Crippen molar-refractivity contribution in [2.75, 3.05) is 70.8 Å². The number of rotatable bonds is 13. The van der Waals surface area contributed by atoms with E-state index in [0.29, 0.717) is 104 Å². The van der Waals surface area contributed by atoms with Crippen molar-refractivity contribution in [1.82, 2.24) is 25.1 Å². The molecule has 0 radical (unpaired) electrons. The van der Waals surface area contributed by atoms with Gasteiger partial charge in [-0.05, 0) is 108 Å². The second kappa shape index (κ2) is 25.0. The summed E-state index contributed by atoms with van der Waals surface area (Å²) in [5.74, 6) is -1.07. The number of methoxy groups -OCH3 is 2. The zero-order valence-corrected chi connectivity index (χ0v) is 45.0. The molecule has 388 valence electrons. The largest absolute Gasteiger partial charge is 0.444 e. The highest BCUT2D eigenvalue weighted by molar-refractivity contribution is 7.23. The highest BCUT2D eigenvalue weighted by Gasteiger charge is 2.33. The van der Waals surface area contributed by atoms with Crippen molar-refractivity contribution >= 4 is 99.8 Å². The number of hydrogen-bond donors (Lipinski definition) is 4. The van der Waals surface area contributed by atoms with Gasteiger partial charge in [0.1, 0.15) is 42.9 Å². The number of carbonyl (C=O) groups excluding carboxylic acids is 4. The molecule has 22 heteroatoms. The van der Waals surface area contributed by atoms with Crippen LogP contribution in [-0.2, 0) is 54.5 Å². The normalized spacial score (nSPS) is 13.3. The second-order valence-corrected chi connectivity index (χ2v) is 22.8. The molecule has 2 aliphatic rings. The zero-order chi connectivity index (χ0) is 52.3. The number of aromatic nitrogens is 2. The lowest BCUT2D eigenvalue weighted by Crippen LogP contribution is -2.39. The fraction of sp³-hybridized carbons (Fsp3) is 0.440. The minimum Gasteiger partial charge on any atom is -0.444 e. The van der Waals surface area contributed by atoms with Crippen LogP contribution in [0.25, 0.3) is 41.6 Å². The molecule has 6 heterocycles. The Labute approximate surface area is 433 Å². The molecule has 5 N–H and O–H groups in total. The fourth-order valence-corrected chi connectivity index (χ4v) is 12.2. The molecule has 0 atom stereocenters. The van der Waals surface area contributed by atoms with Crippen LogP contribution in [0.4, 0.5) is 28.4 Å². The van der Waals surface area contributed by atoms with Gasteiger partial charge in [0.25, 0.3) is 0 Å². The molecule has 0 unspecified atom stereocenters. The average molecular weight is 1070 g/mol.